The van der Waals surface area contributed by atoms with Gasteiger partial charge in [0.15, 0.2) is 0 Å². The zero-order valence-electron chi connectivity index (χ0n) is 24.4. The monoisotopic (exact) mass is 656 g/mol. The van der Waals surface area contributed by atoms with Gasteiger partial charge in [0.2, 0.25) is 5.91 Å². The Hall–Kier alpha value is -4.75. The Morgan fingerprint density at radius 2 is 1.84 bits per heavy atom. The molecule has 0 aromatic heterocycles. The van der Waals surface area contributed by atoms with E-state index in [1.165, 1.54) is 34.1 Å². The van der Waals surface area contributed by atoms with Gasteiger partial charge in [0.05, 0.1) is 43.2 Å². The zero-order chi connectivity index (χ0) is 31.5. The van der Waals surface area contributed by atoms with Crippen LogP contribution in [0.3, 0.4) is 0 Å². The molecular formula is C34H30BrFN4O4. The summed E-state index contributed by atoms with van der Waals surface area (Å²) in [5, 5.41) is 14.4. The average molecular weight is 658 g/mol. The van der Waals surface area contributed by atoms with E-state index in [1.807, 2.05) is 37.3 Å². The van der Waals surface area contributed by atoms with Crippen LogP contribution in [-0.2, 0) is 16.1 Å². The topological polar surface area (TPSA) is 103 Å². The van der Waals surface area contributed by atoms with Crippen molar-refractivity contribution in [3.63, 3.8) is 0 Å². The number of nitrogens with one attached hydrogen (secondary N) is 1. The van der Waals surface area contributed by atoms with Gasteiger partial charge in [-0.05, 0) is 77.9 Å². The molecule has 0 fully saturated rings. The molecule has 1 aliphatic rings. The molecule has 1 heterocycles. The fourth-order valence-corrected chi connectivity index (χ4v) is 5.79. The summed E-state index contributed by atoms with van der Waals surface area (Å²) in [5.74, 6) is -1.58. The minimum Gasteiger partial charge on any atom is -0.496 e. The fourth-order valence-electron chi connectivity index (χ4n) is 5.29. The third-order valence-electron chi connectivity index (χ3n) is 7.94. The highest BCUT2D eigenvalue weighted by Crippen LogP contribution is 2.39. The summed E-state index contributed by atoms with van der Waals surface area (Å²) in [6, 6.07) is 20.3. The lowest BCUT2D eigenvalue weighted by Crippen LogP contribution is -2.53. The molecule has 2 atom stereocenters. The molecule has 0 aliphatic carbocycles. The van der Waals surface area contributed by atoms with E-state index in [4.69, 9.17) is 4.74 Å². The van der Waals surface area contributed by atoms with Crippen molar-refractivity contribution in [2.45, 2.75) is 32.9 Å². The number of amides is 3. The maximum Gasteiger partial charge on any atom is 0.258 e. The molecule has 1 aliphatic heterocycles. The standard InChI is InChI=1S/C34H30BrFN4O4/c1-4-20(2)32(41)38-28-19-40(33(42)22-9-11-23(36)12-10-22)30-16-21(17-37)8-14-29(30)39(34(28)43)18-26-24-6-5-7-27(35)25(24)13-15-31(26)44-3/h5-16,20,28H,4,18-19H2,1-3H3,(H,38,41)/t20-,28+/m1/s1. The van der Waals surface area contributed by atoms with Crippen molar-refractivity contribution in [3.05, 3.63) is 99.8 Å². The zero-order valence-corrected chi connectivity index (χ0v) is 26.0. The van der Waals surface area contributed by atoms with Crippen LogP contribution in [-0.4, -0.2) is 37.4 Å². The number of nitrogens with zero attached hydrogens (tertiary/aromatic N) is 3. The van der Waals surface area contributed by atoms with Gasteiger partial charge in [0.1, 0.15) is 17.6 Å². The van der Waals surface area contributed by atoms with Gasteiger partial charge in [-0.15, -0.1) is 0 Å². The van der Waals surface area contributed by atoms with E-state index in [1.54, 1.807) is 32.2 Å². The van der Waals surface area contributed by atoms with E-state index < -0.39 is 23.7 Å². The number of nitriles is 1. The number of carbonyl (C=O) groups is 3. The summed E-state index contributed by atoms with van der Waals surface area (Å²) in [6.45, 7) is 3.49. The van der Waals surface area contributed by atoms with Crippen LogP contribution in [0.1, 0.15) is 41.8 Å². The molecule has 10 heteroatoms. The molecule has 224 valence electrons. The number of hydrogen-bond donors (Lipinski definition) is 1. The van der Waals surface area contributed by atoms with Crippen molar-refractivity contribution in [2.24, 2.45) is 5.92 Å². The third-order valence-corrected chi connectivity index (χ3v) is 8.63. The molecule has 0 saturated carbocycles. The lowest BCUT2D eigenvalue weighted by atomic mass is 10.0. The van der Waals surface area contributed by atoms with Gasteiger partial charge in [0.25, 0.3) is 11.8 Å². The van der Waals surface area contributed by atoms with Crippen LogP contribution in [0.5, 0.6) is 5.75 Å². The highest BCUT2D eigenvalue weighted by Gasteiger charge is 2.38. The van der Waals surface area contributed by atoms with E-state index in [9.17, 15) is 24.0 Å². The average Bonchev–Trinajstić information content (AvgIpc) is 3.14. The van der Waals surface area contributed by atoms with Crippen LogP contribution in [0.4, 0.5) is 15.8 Å². The van der Waals surface area contributed by atoms with Crippen molar-refractivity contribution in [3.8, 4) is 11.8 Å². The SMILES string of the molecule is CC[C@@H](C)C(=O)N[C@H]1CN(C(=O)c2ccc(F)cc2)c2cc(C#N)ccc2N(Cc2c(OC)ccc3c(Br)cccc23)C1=O. The molecule has 4 aromatic rings. The van der Waals surface area contributed by atoms with E-state index >= 15 is 0 Å². The predicted octanol–water partition coefficient (Wildman–Crippen LogP) is 6.35. The van der Waals surface area contributed by atoms with Crippen LogP contribution in [0.2, 0.25) is 0 Å². The first-order chi connectivity index (χ1) is 21.2. The second-order valence-electron chi connectivity index (χ2n) is 10.6. The third kappa shape index (κ3) is 5.88. The lowest BCUT2D eigenvalue weighted by molar-refractivity contribution is -0.129. The van der Waals surface area contributed by atoms with Gasteiger partial charge in [-0.25, -0.2) is 4.39 Å². The molecule has 4 aromatic carbocycles. The van der Waals surface area contributed by atoms with Gasteiger partial charge in [-0.2, -0.15) is 5.26 Å². The molecule has 0 unspecified atom stereocenters. The Bertz CT molecular complexity index is 1800. The second kappa shape index (κ2) is 12.9. The summed E-state index contributed by atoms with van der Waals surface area (Å²) in [4.78, 5) is 44.5. The molecule has 0 radical (unpaired) electrons. The highest BCUT2D eigenvalue weighted by atomic mass is 79.9. The number of methoxy groups -OCH3 is 1. The number of hydrogen-bond acceptors (Lipinski definition) is 5. The lowest BCUT2D eigenvalue weighted by Gasteiger charge is -2.27. The normalized spacial score (nSPS) is 15.3. The number of halogens is 2. The van der Waals surface area contributed by atoms with E-state index in [2.05, 4.69) is 27.3 Å². The highest BCUT2D eigenvalue weighted by molar-refractivity contribution is 9.10. The minimum absolute atomic E-state index is 0.0446. The fraction of sp³-hybridized carbons (Fsp3) is 0.235. The number of carbonyl (C=O) groups excluding carboxylic acids is 3. The first-order valence-electron chi connectivity index (χ1n) is 14.1. The van der Waals surface area contributed by atoms with Gasteiger partial charge < -0.3 is 19.9 Å². The Balaban J connectivity index is 1.71. The van der Waals surface area contributed by atoms with Crippen LogP contribution >= 0.6 is 15.9 Å². The van der Waals surface area contributed by atoms with E-state index in [0.717, 1.165) is 20.8 Å². The number of anilines is 2. The minimum atomic E-state index is -1.12. The smallest absolute Gasteiger partial charge is 0.258 e. The number of ether oxygens (including phenoxy) is 1. The Morgan fingerprint density at radius 1 is 1.09 bits per heavy atom. The largest absolute Gasteiger partial charge is 0.496 e. The van der Waals surface area contributed by atoms with E-state index in [-0.39, 0.29) is 36.0 Å². The molecule has 0 saturated heterocycles. The molecular weight excluding hydrogens is 627 g/mol. The summed E-state index contributed by atoms with van der Waals surface area (Å²) in [6.07, 6.45) is 0.558. The second-order valence-corrected chi connectivity index (χ2v) is 11.5. The van der Waals surface area contributed by atoms with Crippen molar-refractivity contribution < 1.29 is 23.5 Å². The molecule has 0 bridgehead atoms. The molecule has 8 nitrogen and oxygen atoms in total. The van der Waals surface area contributed by atoms with Crippen LogP contribution < -0.4 is 19.9 Å². The summed E-state index contributed by atoms with van der Waals surface area (Å²) < 4.78 is 20.3. The Kier molecular flexibility index (Phi) is 8.97. The van der Waals surface area contributed by atoms with Crippen LogP contribution in [0.25, 0.3) is 10.8 Å². The maximum atomic E-state index is 14.5. The molecule has 1 N–H and O–H groups in total. The number of fused-ring (bicyclic) bond motifs is 2. The van der Waals surface area contributed by atoms with Crippen LogP contribution in [0.15, 0.2) is 77.3 Å². The van der Waals surface area contributed by atoms with Crippen molar-refractivity contribution in [2.75, 3.05) is 23.5 Å². The van der Waals surface area contributed by atoms with Crippen LogP contribution in [0, 0.1) is 23.1 Å². The first kappa shape index (κ1) is 30.7. The number of rotatable bonds is 7. The molecule has 0 spiro atoms. The molecule has 5 rings (SSSR count). The van der Waals surface area contributed by atoms with E-state index in [0.29, 0.717) is 23.5 Å². The molecule has 3 amide bonds. The summed E-state index contributed by atoms with van der Waals surface area (Å²) in [5.41, 5.74) is 1.88. The van der Waals surface area contributed by atoms with Crippen molar-refractivity contribution >= 4 is 55.8 Å². The molecule has 44 heavy (non-hydrogen) atoms. The van der Waals surface area contributed by atoms with Gasteiger partial charge in [0, 0.05) is 21.5 Å². The quantitative estimate of drug-likeness (QED) is 0.250. The summed E-state index contributed by atoms with van der Waals surface area (Å²) in [7, 11) is 1.55. The number of benzene rings is 4. The maximum absolute atomic E-state index is 14.5. The first-order valence-corrected chi connectivity index (χ1v) is 14.9. The van der Waals surface area contributed by atoms with Gasteiger partial charge in [-0.3, -0.25) is 14.4 Å². The summed E-state index contributed by atoms with van der Waals surface area (Å²) >= 11 is 3.61. The van der Waals surface area contributed by atoms with Crippen molar-refractivity contribution in [1.29, 1.82) is 5.26 Å². The van der Waals surface area contributed by atoms with Gasteiger partial charge >= 0.3 is 0 Å². The van der Waals surface area contributed by atoms with Gasteiger partial charge in [-0.1, -0.05) is 41.9 Å². The Labute approximate surface area is 263 Å². The predicted molar refractivity (Wildman–Crippen MR) is 170 cm³/mol. The Morgan fingerprint density at radius 3 is 2.52 bits per heavy atom. The van der Waals surface area contributed by atoms with Crippen molar-refractivity contribution in [1.82, 2.24) is 5.32 Å².